The molecule has 0 saturated carbocycles. The number of nitrogens with one attached hydrogen (secondary N) is 1. The summed E-state index contributed by atoms with van der Waals surface area (Å²) in [4.78, 5) is 16.0. The lowest BCUT2D eigenvalue weighted by molar-refractivity contribution is -0.114. The Kier molecular flexibility index (Phi) is 4.09. The van der Waals surface area contributed by atoms with Gasteiger partial charge in [0.2, 0.25) is 5.91 Å². The molecule has 1 heterocycles. The molecule has 3 rings (SSSR count). The van der Waals surface area contributed by atoms with Gasteiger partial charge in [0.05, 0.1) is 17.5 Å². The first-order valence-corrected chi connectivity index (χ1v) is 7.80. The Hall–Kier alpha value is -2.33. The molecular formula is C18H18ClN3O. The topological polar surface area (TPSA) is 46.9 Å². The second-order valence-electron chi connectivity index (χ2n) is 5.74. The summed E-state index contributed by atoms with van der Waals surface area (Å²) in [7, 11) is 0. The first kappa shape index (κ1) is 15.6. The zero-order valence-corrected chi connectivity index (χ0v) is 14.1. The van der Waals surface area contributed by atoms with Crippen LogP contribution in [0.1, 0.15) is 23.6 Å². The number of nitrogens with zero attached hydrogens (tertiary/aromatic N) is 2. The van der Waals surface area contributed by atoms with Crippen LogP contribution in [-0.2, 0) is 11.3 Å². The molecule has 0 bridgehead atoms. The minimum absolute atomic E-state index is 0.0905. The van der Waals surface area contributed by atoms with Crippen LogP contribution in [0.3, 0.4) is 0 Å². The number of aryl methyl sites for hydroxylation is 1. The van der Waals surface area contributed by atoms with Gasteiger partial charge in [0.15, 0.2) is 0 Å². The fourth-order valence-corrected chi connectivity index (χ4v) is 2.79. The number of hydrogen-bond acceptors (Lipinski definition) is 2. The third-order valence-corrected chi connectivity index (χ3v) is 4.25. The SMILES string of the molecule is CC(=O)Nc1c(C)c(C)cc2c1ncn2Cc1ccc(Cl)cc1. The molecule has 0 saturated heterocycles. The number of carbonyl (C=O) groups excluding carboxylic acids is 1. The van der Waals surface area contributed by atoms with E-state index in [1.165, 1.54) is 6.92 Å². The Morgan fingerprint density at radius 1 is 1.26 bits per heavy atom. The zero-order valence-electron chi connectivity index (χ0n) is 13.4. The molecule has 1 N–H and O–H groups in total. The molecule has 0 aliphatic carbocycles. The summed E-state index contributed by atoms with van der Waals surface area (Å²) < 4.78 is 2.08. The van der Waals surface area contributed by atoms with Crippen molar-refractivity contribution in [2.75, 3.05) is 5.32 Å². The molecule has 0 aliphatic rings. The Balaban J connectivity index is 2.07. The number of anilines is 1. The van der Waals surface area contributed by atoms with Gasteiger partial charge in [-0.05, 0) is 48.7 Å². The lowest BCUT2D eigenvalue weighted by Gasteiger charge is -2.12. The third kappa shape index (κ3) is 3.08. The van der Waals surface area contributed by atoms with Crippen LogP contribution in [0.5, 0.6) is 0 Å². The number of halogens is 1. The summed E-state index contributed by atoms with van der Waals surface area (Å²) >= 11 is 5.94. The highest BCUT2D eigenvalue weighted by Gasteiger charge is 2.14. The van der Waals surface area contributed by atoms with Gasteiger partial charge in [-0.1, -0.05) is 23.7 Å². The van der Waals surface area contributed by atoms with Crippen molar-refractivity contribution in [2.24, 2.45) is 0 Å². The zero-order chi connectivity index (χ0) is 16.6. The maximum atomic E-state index is 11.5. The van der Waals surface area contributed by atoms with Crippen LogP contribution >= 0.6 is 11.6 Å². The van der Waals surface area contributed by atoms with E-state index >= 15 is 0 Å². The van der Waals surface area contributed by atoms with Crippen LogP contribution in [0.4, 0.5) is 5.69 Å². The van der Waals surface area contributed by atoms with Gasteiger partial charge in [-0.25, -0.2) is 4.98 Å². The van der Waals surface area contributed by atoms with Gasteiger partial charge in [0.1, 0.15) is 5.52 Å². The molecule has 1 aromatic heterocycles. The standard InChI is InChI=1S/C18H18ClN3O/c1-11-8-16-18(17(12(11)2)21-13(3)23)20-10-22(16)9-14-4-6-15(19)7-5-14/h4-8,10H,9H2,1-3H3,(H,21,23). The molecule has 2 aromatic carbocycles. The van der Waals surface area contributed by atoms with Gasteiger partial charge < -0.3 is 9.88 Å². The summed E-state index contributed by atoms with van der Waals surface area (Å²) in [5, 5.41) is 3.63. The highest BCUT2D eigenvalue weighted by atomic mass is 35.5. The van der Waals surface area contributed by atoms with Gasteiger partial charge in [-0.15, -0.1) is 0 Å². The van der Waals surface area contributed by atoms with Gasteiger partial charge in [-0.2, -0.15) is 0 Å². The first-order chi connectivity index (χ1) is 11.0. The molecule has 0 atom stereocenters. The van der Waals surface area contributed by atoms with Crippen LogP contribution in [0, 0.1) is 13.8 Å². The average Bonchev–Trinajstić information content (AvgIpc) is 2.88. The number of rotatable bonds is 3. The Morgan fingerprint density at radius 2 is 1.96 bits per heavy atom. The van der Waals surface area contributed by atoms with Crippen molar-refractivity contribution in [2.45, 2.75) is 27.3 Å². The molecule has 4 nitrogen and oxygen atoms in total. The van der Waals surface area contributed by atoms with E-state index in [1.807, 2.05) is 44.4 Å². The Labute approximate surface area is 140 Å². The predicted octanol–water partition coefficient (Wildman–Crippen LogP) is 4.31. The van der Waals surface area contributed by atoms with Crippen molar-refractivity contribution in [1.82, 2.24) is 9.55 Å². The van der Waals surface area contributed by atoms with Crippen molar-refractivity contribution >= 4 is 34.2 Å². The van der Waals surface area contributed by atoms with E-state index in [0.29, 0.717) is 6.54 Å². The summed E-state index contributed by atoms with van der Waals surface area (Å²) in [5.41, 5.74) is 5.93. The number of aromatic nitrogens is 2. The number of fused-ring (bicyclic) bond motifs is 1. The van der Waals surface area contributed by atoms with Crippen molar-refractivity contribution in [3.05, 3.63) is 58.4 Å². The van der Waals surface area contributed by atoms with Crippen LogP contribution in [0.25, 0.3) is 11.0 Å². The molecule has 0 spiro atoms. The monoisotopic (exact) mass is 327 g/mol. The summed E-state index contributed by atoms with van der Waals surface area (Å²) in [6.07, 6.45) is 1.81. The quantitative estimate of drug-likeness (QED) is 0.779. The molecule has 1 amide bonds. The van der Waals surface area contributed by atoms with Crippen LogP contribution in [0.15, 0.2) is 36.7 Å². The number of imidazole rings is 1. The highest BCUT2D eigenvalue weighted by Crippen LogP contribution is 2.29. The molecule has 0 unspecified atom stereocenters. The molecule has 0 radical (unpaired) electrons. The maximum Gasteiger partial charge on any atom is 0.221 e. The minimum atomic E-state index is -0.0905. The van der Waals surface area contributed by atoms with E-state index in [-0.39, 0.29) is 5.91 Å². The normalized spacial score (nSPS) is 11.0. The van der Waals surface area contributed by atoms with Crippen molar-refractivity contribution in [3.63, 3.8) is 0 Å². The Bertz CT molecular complexity index is 881. The average molecular weight is 328 g/mol. The minimum Gasteiger partial charge on any atom is -0.326 e. The highest BCUT2D eigenvalue weighted by molar-refractivity contribution is 6.30. The van der Waals surface area contributed by atoms with Gasteiger partial charge >= 0.3 is 0 Å². The number of amides is 1. The second kappa shape index (κ2) is 6.05. The van der Waals surface area contributed by atoms with Crippen LogP contribution < -0.4 is 5.32 Å². The first-order valence-electron chi connectivity index (χ1n) is 7.43. The molecular weight excluding hydrogens is 310 g/mol. The summed E-state index contributed by atoms with van der Waals surface area (Å²) in [5.74, 6) is -0.0905. The van der Waals surface area contributed by atoms with Crippen LogP contribution in [0.2, 0.25) is 5.02 Å². The maximum absolute atomic E-state index is 11.5. The van der Waals surface area contributed by atoms with Crippen molar-refractivity contribution < 1.29 is 4.79 Å². The molecule has 0 aliphatic heterocycles. The third-order valence-electron chi connectivity index (χ3n) is 4.00. The van der Waals surface area contributed by atoms with E-state index in [9.17, 15) is 4.79 Å². The number of benzene rings is 2. The fraction of sp³-hybridized carbons (Fsp3) is 0.222. The van der Waals surface area contributed by atoms with Gasteiger partial charge in [0.25, 0.3) is 0 Å². The van der Waals surface area contributed by atoms with Gasteiger partial charge in [0, 0.05) is 18.5 Å². The lowest BCUT2D eigenvalue weighted by Crippen LogP contribution is -2.09. The second-order valence-corrected chi connectivity index (χ2v) is 6.18. The van der Waals surface area contributed by atoms with Crippen molar-refractivity contribution in [3.8, 4) is 0 Å². The lowest BCUT2D eigenvalue weighted by atomic mass is 10.1. The van der Waals surface area contributed by atoms with E-state index in [2.05, 4.69) is 20.9 Å². The summed E-state index contributed by atoms with van der Waals surface area (Å²) in [6, 6.07) is 9.88. The molecule has 118 valence electrons. The van der Waals surface area contributed by atoms with E-state index in [0.717, 1.165) is 38.4 Å². The summed E-state index contributed by atoms with van der Waals surface area (Å²) in [6.45, 7) is 6.26. The van der Waals surface area contributed by atoms with E-state index in [1.54, 1.807) is 0 Å². The molecule has 5 heteroatoms. The predicted molar refractivity (Wildman–Crippen MR) is 94.1 cm³/mol. The van der Waals surface area contributed by atoms with E-state index in [4.69, 9.17) is 11.6 Å². The smallest absolute Gasteiger partial charge is 0.221 e. The number of hydrogen-bond donors (Lipinski definition) is 1. The Morgan fingerprint density at radius 3 is 2.61 bits per heavy atom. The van der Waals surface area contributed by atoms with E-state index < -0.39 is 0 Å². The fourth-order valence-electron chi connectivity index (χ4n) is 2.67. The van der Waals surface area contributed by atoms with Crippen LogP contribution in [-0.4, -0.2) is 15.5 Å². The van der Waals surface area contributed by atoms with Crippen molar-refractivity contribution in [1.29, 1.82) is 0 Å². The number of carbonyl (C=O) groups is 1. The largest absolute Gasteiger partial charge is 0.326 e. The molecule has 0 fully saturated rings. The van der Waals surface area contributed by atoms with Gasteiger partial charge in [-0.3, -0.25) is 4.79 Å². The molecule has 23 heavy (non-hydrogen) atoms. The molecule has 3 aromatic rings.